The highest BCUT2D eigenvalue weighted by Gasteiger charge is 2.14. The molecule has 6 heteroatoms. The number of nitrogens with one attached hydrogen (secondary N) is 1. The zero-order valence-corrected chi connectivity index (χ0v) is 36.8. The predicted molar refractivity (Wildman–Crippen MR) is 249 cm³/mol. The lowest BCUT2D eigenvalue weighted by Gasteiger charge is -2.18. The second-order valence-corrected chi connectivity index (χ2v) is 14.9. The van der Waals surface area contributed by atoms with Crippen molar-refractivity contribution in [2.24, 2.45) is 0 Å². The molecule has 0 aromatic carbocycles. The third kappa shape index (κ3) is 44.8. The van der Waals surface area contributed by atoms with Crippen LogP contribution in [0.2, 0.25) is 0 Å². The minimum atomic E-state index is -1.03. The molecule has 0 saturated heterocycles. The standard InChI is InChI=1S/C52H83NO5/c1-3-5-7-9-11-13-15-17-18-19-20-21-22-23-24-25-26-28-30-32-34-39-43-47-52(57)58-49(45-41-37-35-38-42-46-50(54)53-48-51(55)56)44-40-36-33-31-29-27-16-14-12-10-8-6-4-2/h5,7,11,13,16-18,20-21,23-24,26-28,31-34,49H,3-4,6,8-10,12,14-15,19,22,25,29-30,35-48H2,1-2H3,(H,53,54)(H,55,56)/b7-5-,13-11-,18-17-,21-20-,24-23-,27-16-,28-26-,33-31-,34-32-. The van der Waals surface area contributed by atoms with E-state index in [1.165, 1.54) is 38.5 Å². The van der Waals surface area contributed by atoms with Crippen molar-refractivity contribution in [3.8, 4) is 0 Å². The molecule has 1 amide bonds. The second kappa shape index (κ2) is 45.8. The zero-order chi connectivity index (χ0) is 42.3. The van der Waals surface area contributed by atoms with Gasteiger partial charge in [0.05, 0.1) is 0 Å². The molecule has 0 rings (SSSR count). The SMILES string of the molecule is CC/C=C\C/C=C\C/C=C\C/C=C\C/C=C\C/C=C\C/C=C\CCCC(=O)OC(CCC/C=C\C/C=C\CCCCCCC)CCCCCCCC(=O)NCC(=O)O. The van der Waals surface area contributed by atoms with Gasteiger partial charge in [0.1, 0.15) is 12.6 Å². The molecule has 0 heterocycles. The van der Waals surface area contributed by atoms with Crippen LogP contribution in [0.5, 0.6) is 0 Å². The minimum absolute atomic E-state index is 0.0565. The molecule has 1 atom stereocenters. The number of amides is 1. The van der Waals surface area contributed by atoms with Crippen LogP contribution in [0.1, 0.15) is 187 Å². The van der Waals surface area contributed by atoms with Crippen LogP contribution in [0.25, 0.3) is 0 Å². The Morgan fingerprint density at radius 3 is 1.40 bits per heavy atom. The Bertz CT molecular complexity index is 1250. The van der Waals surface area contributed by atoms with E-state index < -0.39 is 5.97 Å². The van der Waals surface area contributed by atoms with Crippen molar-refractivity contribution in [3.63, 3.8) is 0 Å². The van der Waals surface area contributed by atoms with Crippen LogP contribution in [-0.4, -0.2) is 35.6 Å². The van der Waals surface area contributed by atoms with Crippen molar-refractivity contribution < 1.29 is 24.2 Å². The average Bonchev–Trinajstić information content (AvgIpc) is 3.21. The number of carboxylic acids is 1. The fraction of sp³-hybridized carbons (Fsp3) is 0.596. The maximum Gasteiger partial charge on any atom is 0.322 e. The number of carbonyl (C=O) groups excluding carboxylic acids is 2. The summed E-state index contributed by atoms with van der Waals surface area (Å²) in [7, 11) is 0. The Kier molecular flexibility index (Phi) is 42.7. The molecule has 0 saturated carbocycles. The van der Waals surface area contributed by atoms with Gasteiger partial charge in [-0.2, -0.15) is 0 Å². The molecule has 6 nitrogen and oxygen atoms in total. The molecule has 326 valence electrons. The average molecular weight is 802 g/mol. The van der Waals surface area contributed by atoms with E-state index in [1.54, 1.807) is 0 Å². The van der Waals surface area contributed by atoms with Gasteiger partial charge in [0.2, 0.25) is 5.91 Å². The van der Waals surface area contributed by atoms with Crippen molar-refractivity contribution in [2.75, 3.05) is 6.54 Å². The van der Waals surface area contributed by atoms with Gasteiger partial charge in [-0.15, -0.1) is 0 Å². The number of unbranched alkanes of at least 4 members (excludes halogenated alkanes) is 11. The molecule has 0 fully saturated rings. The smallest absolute Gasteiger partial charge is 0.322 e. The summed E-state index contributed by atoms with van der Waals surface area (Å²) in [6, 6.07) is 0. The summed E-state index contributed by atoms with van der Waals surface area (Å²) < 4.78 is 5.98. The van der Waals surface area contributed by atoms with Gasteiger partial charge < -0.3 is 15.2 Å². The van der Waals surface area contributed by atoms with Gasteiger partial charge in [-0.25, -0.2) is 0 Å². The second-order valence-electron chi connectivity index (χ2n) is 14.9. The molecule has 0 aromatic rings. The van der Waals surface area contributed by atoms with Gasteiger partial charge in [0.15, 0.2) is 0 Å². The first-order valence-corrected chi connectivity index (χ1v) is 23.0. The number of carbonyl (C=O) groups is 3. The first-order chi connectivity index (χ1) is 28.5. The molecule has 0 spiro atoms. The molecule has 1 unspecified atom stereocenters. The maximum absolute atomic E-state index is 12.8. The Morgan fingerprint density at radius 1 is 0.466 bits per heavy atom. The van der Waals surface area contributed by atoms with E-state index in [0.29, 0.717) is 12.8 Å². The van der Waals surface area contributed by atoms with Gasteiger partial charge in [-0.3, -0.25) is 14.4 Å². The molecule has 58 heavy (non-hydrogen) atoms. The van der Waals surface area contributed by atoms with E-state index in [2.05, 4.69) is 129 Å². The predicted octanol–water partition coefficient (Wildman–Crippen LogP) is 14.7. The van der Waals surface area contributed by atoms with Crippen LogP contribution in [0.4, 0.5) is 0 Å². The molecular formula is C52H83NO5. The highest BCUT2D eigenvalue weighted by Crippen LogP contribution is 2.17. The van der Waals surface area contributed by atoms with Gasteiger partial charge in [-0.05, 0) is 116 Å². The van der Waals surface area contributed by atoms with E-state index in [4.69, 9.17) is 9.84 Å². The van der Waals surface area contributed by atoms with Crippen LogP contribution in [0.15, 0.2) is 109 Å². The molecule has 0 aliphatic carbocycles. The molecular weight excluding hydrogens is 719 g/mol. The third-order valence-electron chi connectivity index (χ3n) is 9.43. The van der Waals surface area contributed by atoms with E-state index >= 15 is 0 Å². The lowest BCUT2D eigenvalue weighted by molar-refractivity contribution is -0.150. The van der Waals surface area contributed by atoms with Crippen LogP contribution in [-0.2, 0) is 19.1 Å². The molecule has 0 aliphatic rings. The van der Waals surface area contributed by atoms with Gasteiger partial charge >= 0.3 is 11.9 Å². The summed E-state index contributed by atoms with van der Waals surface area (Å²) in [4.78, 5) is 35.1. The summed E-state index contributed by atoms with van der Waals surface area (Å²) in [5, 5.41) is 11.1. The topological polar surface area (TPSA) is 92.7 Å². The third-order valence-corrected chi connectivity index (χ3v) is 9.43. The fourth-order valence-corrected chi connectivity index (χ4v) is 6.07. The Morgan fingerprint density at radius 2 is 0.879 bits per heavy atom. The minimum Gasteiger partial charge on any atom is -0.480 e. The number of rotatable bonds is 40. The Balaban J connectivity index is 4.34. The van der Waals surface area contributed by atoms with Crippen molar-refractivity contribution in [1.82, 2.24) is 5.32 Å². The van der Waals surface area contributed by atoms with Crippen LogP contribution < -0.4 is 5.32 Å². The van der Waals surface area contributed by atoms with E-state index in [-0.39, 0.29) is 24.5 Å². The normalized spacial score (nSPS) is 13.1. The van der Waals surface area contributed by atoms with Crippen molar-refractivity contribution in [3.05, 3.63) is 109 Å². The van der Waals surface area contributed by atoms with Gasteiger partial charge in [-0.1, -0.05) is 168 Å². The fourth-order valence-electron chi connectivity index (χ4n) is 6.07. The van der Waals surface area contributed by atoms with E-state index in [9.17, 15) is 14.4 Å². The number of hydrogen-bond donors (Lipinski definition) is 2. The van der Waals surface area contributed by atoms with E-state index in [1.807, 2.05) is 0 Å². The largest absolute Gasteiger partial charge is 0.480 e. The van der Waals surface area contributed by atoms with Crippen molar-refractivity contribution in [1.29, 1.82) is 0 Å². The molecule has 0 bridgehead atoms. The molecule has 0 aliphatic heterocycles. The summed E-state index contributed by atoms with van der Waals surface area (Å²) in [6.07, 6.45) is 66.4. The first-order valence-electron chi connectivity index (χ1n) is 23.0. The maximum atomic E-state index is 12.8. The Hall–Kier alpha value is -3.93. The number of aliphatic carboxylic acids is 1. The van der Waals surface area contributed by atoms with Crippen LogP contribution >= 0.6 is 0 Å². The summed E-state index contributed by atoms with van der Waals surface area (Å²) in [5.41, 5.74) is 0. The highest BCUT2D eigenvalue weighted by molar-refractivity contribution is 5.80. The quantitative estimate of drug-likeness (QED) is 0.0366. The number of hydrogen-bond acceptors (Lipinski definition) is 4. The first kappa shape index (κ1) is 54.1. The van der Waals surface area contributed by atoms with Gasteiger partial charge in [0, 0.05) is 12.8 Å². The van der Waals surface area contributed by atoms with Crippen LogP contribution in [0.3, 0.4) is 0 Å². The zero-order valence-electron chi connectivity index (χ0n) is 36.8. The summed E-state index contributed by atoms with van der Waals surface area (Å²) in [6.45, 7) is 4.08. The summed E-state index contributed by atoms with van der Waals surface area (Å²) >= 11 is 0. The monoisotopic (exact) mass is 802 g/mol. The van der Waals surface area contributed by atoms with Crippen molar-refractivity contribution >= 4 is 17.8 Å². The molecule has 0 aromatic heterocycles. The lowest BCUT2D eigenvalue weighted by atomic mass is 10.0. The lowest BCUT2D eigenvalue weighted by Crippen LogP contribution is -2.28. The molecule has 2 N–H and O–H groups in total. The molecule has 0 radical (unpaired) electrons. The summed E-state index contributed by atoms with van der Waals surface area (Å²) in [5.74, 6) is -1.34. The van der Waals surface area contributed by atoms with Gasteiger partial charge in [0.25, 0.3) is 0 Å². The number of allylic oxidation sites excluding steroid dienone is 18. The Labute approximate surface area is 355 Å². The number of carboxylic acid groups (broad SMARTS) is 1. The number of esters is 1. The van der Waals surface area contributed by atoms with E-state index in [0.717, 1.165) is 122 Å². The highest BCUT2D eigenvalue weighted by atomic mass is 16.5. The van der Waals surface area contributed by atoms with Crippen LogP contribution in [0, 0.1) is 0 Å². The number of ether oxygens (including phenoxy) is 1. The van der Waals surface area contributed by atoms with Crippen molar-refractivity contribution in [2.45, 2.75) is 193 Å².